The third kappa shape index (κ3) is 7.25. The maximum absolute atomic E-state index is 6.12. The fourth-order valence-corrected chi connectivity index (χ4v) is 3.55. The minimum atomic E-state index is 0.670. The SMILES string of the molecule is COc1cc(OCCCCCCCl)c2ccccc2c1OCCCCCCCl. The predicted octanol–water partition coefficient (Wildman–Crippen LogP) is 7.20. The molecule has 0 saturated carbocycles. The van der Waals surface area contributed by atoms with Gasteiger partial charge in [0.25, 0.3) is 0 Å². The highest BCUT2D eigenvalue weighted by Crippen LogP contribution is 2.41. The molecule has 2 rings (SSSR count). The van der Waals surface area contributed by atoms with Crippen LogP contribution in [0.25, 0.3) is 10.8 Å². The lowest BCUT2D eigenvalue weighted by atomic mass is 10.1. The van der Waals surface area contributed by atoms with Gasteiger partial charge in [-0.2, -0.15) is 0 Å². The summed E-state index contributed by atoms with van der Waals surface area (Å²) in [6, 6.07) is 10.1. The van der Waals surface area contributed by atoms with Crippen LogP contribution < -0.4 is 14.2 Å². The number of methoxy groups -OCH3 is 1. The maximum Gasteiger partial charge on any atom is 0.169 e. The lowest BCUT2D eigenvalue weighted by Crippen LogP contribution is -2.03. The van der Waals surface area contributed by atoms with Gasteiger partial charge in [0.15, 0.2) is 11.5 Å². The second-order valence-electron chi connectivity index (χ2n) is 6.85. The van der Waals surface area contributed by atoms with E-state index in [1.807, 2.05) is 18.2 Å². The van der Waals surface area contributed by atoms with Crippen LogP contribution >= 0.6 is 23.2 Å². The van der Waals surface area contributed by atoms with Crippen molar-refractivity contribution >= 4 is 34.0 Å². The molecule has 0 saturated heterocycles. The zero-order valence-electron chi connectivity index (χ0n) is 16.9. The van der Waals surface area contributed by atoms with Gasteiger partial charge < -0.3 is 14.2 Å². The molecule has 0 unspecified atom stereocenters. The average Bonchev–Trinajstić information content (AvgIpc) is 2.73. The molecular weight excluding hydrogens is 395 g/mol. The lowest BCUT2D eigenvalue weighted by Gasteiger charge is -2.17. The van der Waals surface area contributed by atoms with Gasteiger partial charge in [0.1, 0.15) is 5.75 Å². The van der Waals surface area contributed by atoms with E-state index in [1.165, 1.54) is 0 Å². The Kier molecular flexibility index (Phi) is 11.3. The van der Waals surface area contributed by atoms with Crippen molar-refractivity contribution in [1.82, 2.24) is 0 Å². The van der Waals surface area contributed by atoms with Crippen LogP contribution in [0.3, 0.4) is 0 Å². The minimum Gasteiger partial charge on any atom is -0.493 e. The van der Waals surface area contributed by atoms with Crippen molar-refractivity contribution in [2.24, 2.45) is 0 Å². The van der Waals surface area contributed by atoms with Gasteiger partial charge in [0, 0.05) is 28.6 Å². The Morgan fingerprint density at radius 1 is 0.679 bits per heavy atom. The lowest BCUT2D eigenvalue weighted by molar-refractivity contribution is 0.283. The van der Waals surface area contributed by atoms with Gasteiger partial charge in [-0.3, -0.25) is 0 Å². The summed E-state index contributed by atoms with van der Waals surface area (Å²) in [4.78, 5) is 0. The molecule has 0 radical (unpaired) electrons. The summed E-state index contributed by atoms with van der Waals surface area (Å²) in [5.41, 5.74) is 0. The molecule has 0 aromatic heterocycles. The second kappa shape index (κ2) is 13.8. The number of ether oxygens (including phenoxy) is 3. The largest absolute Gasteiger partial charge is 0.493 e. The third-order valence-electron chi connectivity index (χ3n) is 4.70. The van der Waals surface area contributed by atoms with Gasteiger partial charge >= 0.3 is 0 Å². The molecule has 0 heterocycles. The smallest absolute Gasteiger partial charge is 0.169 e. The van der Waals surface area contributed by atoms with Crippen LogP contribution in [0.5, 0.6) is 17.2 Å². The standard InChI is InChI=1S/C23H32Cl2O3/c1-26-22-18-21(27-16-10-4-2-8-14-24)19-12-6-7-13-20(19)23(22)28-17-11-5-3-9-15-25/h6-7,12-13,18H,2-5,8-11,14-17H2,1H3. The van der Waals surface area contributed by atoms with E-state index in [9.17, 15) is 0 Å². The highest BCUT2D eigenvalue weighted by Gasteiger charge is 2.15. The number of benzene rings is 2. The van der Waals surface area contributed by atoms with Crippen molar-refractivity contribution in [3.05, 3.63) is 30.3 Å². The molecule has 2 aromatic rings. The summed E-state index contributed by atoms with van der Waals surface area (Å²) in [7, 11) is 1.67. The van der Waals surface area contributed by atoms with E-state index in [-0.39, 0.29) is 0 Å². The van der Waals surface area contributed by atoms with Gasteiger partial charge in [0.2, 0.25) is 0 Å². The van der Waals surface area contributed by atoms with E-state index in [0.717, 1.165) is 91.1 Å². The normalized spacial score (nSPS) is 11.0. The Hall–Kier alpha value is -1.32. The fraction of sp³-hybridized carbons (Fsp3) is 0.565. The summed E-state index contributed by atoms with van der Waals surface area (Å²) in [6.07, 6.45) is 8.70. The topological polar surface area (TPSA) is 27.7 Å². The third-order valence-corrected chi connectivity index (χ3v) is 5.24. The summed E-state index contributed by atoms with van der Waals surface area (Å²) in [5, 5.41) is 2.08. The molecule has 5 heteroatoms. The molecule has 2 aromatic carbocycles. The zero-order valence-corrected chi connectivity index (χ0v) is 18.4. The Balaban J connectivity index is 2.04. The van der Waals surface area contributed by atoms with E-state index in [2.05, 4.69) is 12.1 Å². The van der Waals surface area contributed by atoms with Crippen molar-refractivity contribution in [3.8, 4) is 17.2 Å². The fourth-order valence-electron chi connectivity index (χ4n) is 3.17. The number of rotatable bonds is 15. The molecule has 0 spiro atoms. The predicted molar refractivity (Wildman–Crippen MR) is 120 cm³/mol. The first-order valence-corrected chi connectivity index (χ1v) is 11.4. The Morgan fingerprint density at radius 2 is 1.25 bits per heavy atom. The quantitative estimate of drug-likeness (QED) is 0.222. The van der Waals surface area contributed by atoms with E-state index < -0.39 is 0 Å². The number of alkyl halides is 2. The zero-order chi connectivity index (χ0) is 20.0. The number of halogens is 2. The van der Waals surface area contributed by atoms with Gasteiger partial charge in [-0.25, -0.2) is 0 Å². The second-order valence-corrected chi connectivity index (χ2v) is 7.61. The molecule has 156 valence electrons. The molecule has 0 atom stereocenters. The minimum absolute atomic E-state index is 0.670. The Morgan fingerprint density at radius 3 is 1.86 bits per heavy atom. The molecule has 28 heavy (non-hydrogen) atoms. The van der Waals surface area contributed by atoms with Crippen LogP contribution in [0, 0.1) is 0 Å². The summed E-state index contributed by atoms with van der Waals surface area (Å²) >= 11 is 11.5. The van der Waals surface area contributed by atoms with E-state index in [4.69, 9.17) is 37.4 Å². The molecule has 0 aliphatic rings. The van der Waals surface area contributed by atoms with Crippen molar-refractivity contribution in [2.45, 2.75) is 51.4 Å². The number of unbranched alkanes of at least 4 members (excludes halogenated alkanes) is 6. The van der Waals surface area contributed by atoms with Gasteiger partial charge in [-0.05, 0) is 25.7 Å². The molecule has 3 nitrogen and oxygen atoms in total. The molecule has 0 amide bonds. The first kappa shape index (κ1) is 23.0. The van der Waals surface area contributed by atoms with Crippen LogP contribution in [-0.2, 0) is 0 Å². The van der Waals surface area contributed by atoms with Gasteiger partial charge in [0.05, 0.1) is 20.3 Å². The highest BCUT2D eigenvalue weighted by molar-refractivity contribution is 6.18. The maximum atomic E-state index is 6.12. The Labute approximate surface area is 179 Å². The van der Waals surface area contributed by atoms with Gasteiger partial charge in [-0.15, -0.1) is 23.2 Å². The summed E-state index contributed by atoms with van der Waals surface area (Å²) in [6.45, 7) is 1.36. The molecule has 0 aliphatic carbocycles. The first-order chi connectivity index (χ1) is 13.8. The first-order valence-electron chi connectivity index (χ1n) is 10.3. The van der Waals surface area contributed by atoms with Crippen molar-refractivity contribution in [1.29, 1.82) is 0 Å². The van der Waals surface area contributed by atoms with Crippen LogP contribution in [-0.4, -0.2) is 32.1 Å². The van der Waals surface area contributed by atoms with Crippen molar-refractivity contribution < 1.29 is 14.2 Å². The van der Waals surface area contributed by atoms with E-state index >= 15 is 0 Å². The number of fused-ring (bicyclic) bond motifs is 1. The number of hydrogen-bond acceptors (Lipinski definition) is 3. The van der Waals surface area contributed by atoms with Crippen LogP contribution in [0.4, 0.5) is 0 Å². The van der Waals surface area contributed by atoms with Crippen molar-refractivity contribution in [2.75, 3.05) is 32.1 Å². The van der Waals surface area contributed by atoms with E-state index in [1.54, 1.807) is 7.11 Å². The van der Waals surface area contributed by atoms with Crippen LogP contribution in [0.1, 0.15) is 51.4 Å². The number of hydrogen-bond donors (Lipinski definition) is 0. The van der Waals surface area contributed by atoms with Crippen molar-refractivity contribution in [3.63, 3.8) is 0 Å². The highest BCUT2D eigenvalue weighted by atomic mass is 35.5. The monoisotopic (exact) mass is 426 g/mol. The Bertz CT molecular complexity index is 691. The summed E-state index contributed by atoms with van der Waals surface area (Å²) < 4.78 is 17.8. The molecule has 0 bridgehead atoms. The summed E-state index contributed by atoms with van der Waals surface area (Å²) in [5.74, 6) is 3.82. The molecule has 0 aliphatic heterocycles. The van der Waals surface area contributed by atoms with Crippen LogP contribution in [0.2, 0.25) is 0 Å². The average molecular weight is 427 g/mol. The van der Waals surface area contributed by atoms with Crippen LogP contribution in [0.15, 0.2) is 30.3 Å². The molecule has 0 N–H and O–H groups in total. The van der Waals surface area contributed by atoms with Gasteiger partial charge in [-0.1, -0.05) is 49.9 Å². The molecular formula is C23H32Cl2O3. The van der Waals surface area contributed by atoms with E-state index in [0.29, 0.717) is 13.2 Å². The molecule has 0 fully saturated rings.